The zero-order valence-electron chi connectivity index (χ0n) is 5.62. The number of carbonyl (C=O) groups excluding carboxylic acids is 1. The van der Waals surface area contributed by atoms with Gasteiger partial charge >= 0.3 is 0 Å². The quantitative estimate of drug-likeness (QED) is 0.725. The van der Waals surface area contributed by atoms with Crippen molar-refractivity contribution < 1.29 is 4.79 Å². The van der Waals surface area contributed by atoms with Crippen LogP contribution >= 0.6 is 15.9 Å². The number of hydrogen-bond donors (Lipinski definition) is 1. The van der Waals surface area contributed by atoms with Crippen LogP contribution in [0.25, 0.3) is 0 Å². The topological polar surface area (TPSA) is 68.9 Å². The van der Waals surface area contributed by atoms with E-state index in [0.29, 0.717) is 10.3 Å². The van der Waals surface area contributed by atoms with E-state index in [1.165, 1.54) is 12.4 Å². The first-order valence-electron chi connectivity index (χ1n) is 2.95. The minimum atomic E-state index is -0.204. The van der Waals surface area contributed by atoms with E-state index in [1.807, 2.05) is 0 Å². The second-order valence-corrected chi connectivity index (χ2v) is 2.66. The Kier molecular flexibility index (Phi) is 2.67. The highest BCUT2D eigenvalue weighted by atomic mass is 79.9. The number of nitrogens with two attached hydrogens (primary N) is 1. The lowest BCUT2D eigenvalue weighted by atomic mass is 10.3. The van der Waals surface area contributed by atoms with Crippen LogP contribution in [0.3, 0.4) is 0 Å². The molecule has 58 valence electrons. The molecule has 0 unspecified atom stereocenters. The third-order valence-corrected chi connectivity index (χ3v) is 1.50. The Bertz CT molecular complexity index is 259. The number of hydrogen-bond acceptors (Lipinski definition) is 4. The molecule has 0 radical (unpaired) electrons. The maximum Gasteiger partial charge on any atom is 0.196 e. The van der Waals surface area contributed by atoms with E-state index in [0.717, 1.165) is 0 Å². The number of Topliss-reactive ketones (excluding diaryl/α,β-unsaturated/α-hetero) is 1. The molecule has 1 aromatic heterocycles. The molecule has 0 spiro atoms. The lowest BCUT2D eigenvalue weighted by molar-refractivity contribution is 0.0996. The maximum atomic E-state index is 10.9. The largest absolute Gasteiger partial charge is 0.324 e. The van der Waals surface area contributed by atoms with Crippen LogP contribution < -0.4 is 5.73 Å². The molecule has 0 saturated carbocycles. The molecule has 11 heavy (non-hydrogen) atoms. The summed E-state index contributed by atoms with van der Waals surface area (Å²) in [4.78, 5) is 18.5. The average molecular weight is 216 g/mol. The molecule has 5 heteroatoms. The van der Waals surface area contributed by atoms with Crippen LogP contribution in [-0.4, -0.2) is 22.3 Å². The molecule has 0 aliphatic carbocycles. The van der Waals surface area contributed by atoms with Gasteiger partial charge in [-0.25, -0.2) is 9.97 Å². The summed E-state index contributed by atoms with van der Waals surface area (Å²) >= 11 is 3.10. The summed E-state index contributed by atoms with van der Waals surface area (Å²) < 4.78 is 0.603. The molecular formula is C6H6BrN3O. The second kappa shape index (κ2) is 3.54. The van der Waals surface area contributed by atoms with Crippen molar-refractivity contribution in [1.29, 1.82) is 0 Å². The molecule has 0 amide bonds. The molecule has 1 aromatic rings. The summed E-state index contributed by atoms with van der Waals surface area (Å²) in [6.45, 7) is -0.0314. The molecule has 0 aliphatic rings. The van der Waals surface area contributed by atoms with Gasteiger partial charge in [-0.2, -0.15) is 0 Å². The first-order chi connectivity index (χ1) is 5.24. The van der Waals surface area contributed by atoms with E-state index in [1.54, 1.807) is 0 Å². The van der Waals surface area contributed by atoms with Crippen molar-refractivity contribution in [2.24, 2.45) is 5.73 Å². The maximum absolute atomic E-state index is 10.9. The van der Waals surface area contributed by atoms with Crippen molar-refractivity contribution >= 4 is 21.7 Å². The lowest BCUT2D eigenvalue weighted by Crippen LogP contribution is -2.15. The predicted octanol–water partition coefficient (Wildman–Crippen LogP) is 0.380. The van der Waals surface area contributed by atoms with E-state index < -0.39 is 0 Å². The van der Waals surface area contributed by atoms with Crippen molar-refractivity contribution in [3.8, 4) is 0 Å². The fraction of sp³-hybridized carbons (Fsp3) is 0.167. The number of halogens is 1. The number of carbonyl (C=O) groups is 1. The second-order valence-electron chi connectivity index (χ2n) is 1.85. The van der Waals surface area contributed by atoms with Crippen molar-refractivity contribution in [3.63, 3.8) is 0 Å². The zero-order valence-corrected chi connectivity index (χ0v) is 7.21. The molecule has 0 fully saturated rings. The molecule has 1 heterocycles. The van der Waals surface area contributed by atoms with E-state index >= 15 is 0 Å². The summed E-state index contributed by atoms with van der Waals surface area (Å²) in [5.41, 5.74) is 5.41. The third-order valence-electron chi connectivity index (χ3n) is 1.09. The van der Waals surface area contributed by atoms with Crippen LogP contribution in [-0.2, 0) is 0 Å². The van der Waals surface area contributed by atoms with Gasteiger partial charge < -0.3 is 5.73 Å². The molecular weight excluding hydrogens is 210 g/mol. The van der Waals surface area contributed by atoms with Gasteiger partial charge in [-0.05, 0) is 15.9 Å². The Morgan fingerprint density at radius 2 is 2.27 bits per heavy atom. The van der Waals surface area contributed by atoms with Gasteiger partial charge in [0.2, 0.25) is 0 Å². The number of aromatic nitrogens is 2. The van der Waals surface area contributed by atoms with Gasteiger partial charge in [-0.3, -0.25) is 4.79 Å². The lowest BCUT2D eigenvalue weighted by Gasteiger charge is -1.94. The van der Waals surface area contributed by atoms with Gasteiger partial charge in [-0.1, -0.05) is 0 Å². The van der Waals surface area contributed by atoms with Crippen LogP contribution in [0, 0.1) is 0 Å². The molecule has 4 nitrogen and oxygen atoms in total. The van der Waals surface area contributed by atoms with Gasteiger partial charge in [0, 0.05) is 0 Å². The summed E-state index contributed by atoms with van der Waals surface area (Å²) in [5, 5.41) is 0. The van der Waals surface area contributed by atoms with Crippen molar-refractivity contribution in [1.82, 2.24) is 9.97 Å². The highest BCUT2D eigenvalue weighted by Crippen LogP contribution is 2.02. The van der Waals surface area contributed by atoms with E-state index in [-0.39, 0.29) is 12.3 Å². The van der Waals surface area contributed by atoms with Gasteiger partial charge in [0.15, 0.2) is 5.78 Å². The normalized spacial score (nSPS) is 9.64. The number of rotatable bonds is 2. The fourth-order valence-electron chi connectivity index (χ4n) is 0.561. The molecule has 0 atom stereocenters. The summed E-state index contributed by atoms with van der Waals surface area (Å²) in [5.74, 6) is -0.204. The molecule has 0 saturated heterocycles. The minimum absolute atomic E-state index is 0.0314. The highest BCUT2D eigenvalue weighted by molar-refractivity contribution is 9.10. The predicted molar refractivity (Wildman–Crippen MR) is 43.1 cm³/mol. The van der Waals surface area contributed by atoms with Crippen molar-refractivity contribution in [2.75, 3.05) is 6.54 Å². The Morgan fingerprint density at radius 3 is 2.73 bits per heavy atom. The molecule has 2 N–H and O–H groups in total. The first kappa shape index (κ1) is 8.29. The van der Waals surface area contributed by atoms with Crippen LogP contribution in [0.2, 0.25) is 0 Å². The molecule has 1 rings (SSSR count). The van der Waals surface area contributed by atoms with Crippen LogP contribution in [0.4, 0.5) is 0 Å². The van der Waals surface area contributed by atoms with Crippen LogP contribution in [0.5, 0.6) is 0 Å². The molecule has 0 aromatic carbocycles. The zero-order chi connectivity index (χ0) is 8.27. The average Bonchev–Trinajstić information content (AvgIpc) is 2.05. The molecule has 0 bridgehead atoms. The standard InChI is InChI=1S/C6H6BrN3O/c7-6-3-9-4(2-10-6)5(11)1-8/h2-3H,1,8H2. The Morgan fingerprint density at radius 1 is 1.55 bits per heavy atom. The van der Waals surface area contributed by atoms with Crippen molar-refractivity contribution in [2.45, 2.75) is 0 Å². The monoisotopic (exact) mass is 215 g/mol. The van der Waals surface area contributed by atoms with Gasteiger partial charge in [-0.15, -0.1) is 0 Å². The van der Waals surface area contributed by atoms with Crippen LogP contribution in [0.1, 0.15) is 10.5 Å². The Balaban J connectivity index is 2.90. The SMILES string of the molecule is NCC(=O)c1cnc(Br)cn1. The third kappa shape index (κ3) is 2.06. The van der Waals surface area contributed by atoms with E-state index in [4.69, 9.17) is 5.73 Å². The van der Waals surface area contributed by atoms with Gasteiger partial charge in [0.1, 0.15) is 10.3 Å². The fourth-order valence-corrected chi connectivity index (χ4v) is 0.766. The van der Waals surface area contributed by atoms with Crippen molar-refractivity contribution in [3.05, 3.63) is 22.7 Å². The minimum Gasteiger partial charge on any atom is -0.324 e. The van der Waals surface area contributed by atoms with E-state index in [9.17, 15) is 4.79 Å². The van der Waals surface area contributed by atoms with Crippen LogP contribution in [0.15, 0.2) is 17.0 Å². The smallest absolute Gasteiger partial charge is 0.196 e. The Hall–Kier alpha value is -0.810. The van der Waals surface area contributed by atoms with Gasteiger partial charge in [0.05, 0.1) is 18.9 Å². The number of ketones is 1. The molecule has 0 aliphatic heterocycles. The summed E-state index contributed by atoms with van der Waals surface area (Å²) in [7, 11) is 0. The first-order valence-corrected chi connectivity index (χ1v) is 3.74. The van der Waals surface area contributed by atoms with E-state index in [2.05, 4.69) is 25.9 Å². The highest BCUT2D eigenvalue weighted by Gasteiger charge is 2.03. The van der Waals surface area contributed by atoms with Gasteiger partial charge in [0.25, 0.3) is 0 Å². The summed E-state index contributed by atoms with van der Waals surface area (Å²) in [6.07, 6.45) is 2.85. The Labute approximate surface area is 72.0 Å². The summed E-state index contributed by atoms with van der Waals surface area (Å²) in [6, 6.07) is 0. The number of nitrogens with zero attached hydrogens (tertiary/aromatic N) is 2.